The number of rotatable bonds is 4. The maximum Gasteiger partial charge on any atom is 0.228 e. The van der Waals surface area contributed by atoms with Gasteiger partial charge in [0.25, 0.3) is 0 Å². The second-order valence-corrected chi connectivity index (χ2v) is 6.55. The Morgan fingerprint density at radius 1 is 1.27 bits per heavy atom. The van der Waals surface area contributed by atoms with Gasteiger partial charge in [-0.3, -0.25) is 9.89 Å². The lowest BCUT2D eigenvalue weighted by Gasteiger charge is -2.29. The third-order valence-corrected chi connectivity index (χ3v) is 4.19. The van der Waals surface area contributed by atoms with Crippen molar-refractivity contribution in [1.29, 1.82) is 0 Å². The first-order valence-corrected chi connectivity index (χ1v) is 7.63. The molecule has 0 fully saturated rings. The average Bonchev–Trinajstić information content (AvgIpc) is 2.77. The van der Waals surface area contributed by atoms with Crippen LogP contribution < -0.4 is 5.32 Å². The molecule has 0 aliphatic carbocycles. The third-order valence-electron chi connectivity index (χ3n) is 4.19. The van der Waals surface area contributed by atoms with Crippen molar-refractivity contribution in [3.05, 3.63) is 52.3 Å². The molecule has 0 bridgehead atoms. The smallest absolute Gasteiger partial charge is 0.228 e. The minimum absolute atomic E-state index is 0.0131. The van der Waals surface area contributed by atoms with E-state index in [0.717, 1.165) is 22.5 Å². The maximum atomic E-state index is 12.7. The van der Waals surface area contributed by atoms with Crippen LogP contribution in [0.3, 0.4) is 0 Å². The number of aromatic nitrogens is 2. The largest absolute Gasteiger partial charge is 0.347 e. The highest BCUT2D eigenvalue weighted by molar-refractivity contribution is 5.84. The molecule has 0 spiro atoms. The predicted octanol–water partition coefficient (Wildman–Crippen LogP) is 3.49. The molecule has 1 aromatic carbocycles. The quantitative estimate of drug-likeness (QED) is 0.908. The highest BCUT2D eigenvalue weighted by Crippen LogP contribution is 2.25. The topological polar surface area (TPSA) is 57.8 Å². The van der Waals surface area contributed by atoms with Gasteiger partial charge >= 0.3 is 0 Å². The molecule has 0 saturated heterocycles. The number of nitrogens with one attached hydrogen (secondary N) is 2. The average molecular weight is 299 g/mol. The van der Waals surface area contributed by atoms with Crippen LogP contribution in [0, 0.1) is 20.8 Å². The van der Waals surface area contributed by atoms with E-state index < -0.39 is 5.54 Å². The van der Waals surface area contributed by atoms with Crippen LogP contribution in [0.5, 0.6) is 0 Å². The second-order valence-electron chi connectivity index (χ2n) is 6.55. The number of nitrogens with zero attached hydrogens (tertiary/aromatic N) is 1. The second kappa shape index (κ2) is 5.95. The van der Waals surface area contributed by atoms with Crippen LogP contribution in [0.25, 0.3) is 0 Å². The normalized spacial score (nSPS) is 13.0. The van der Waals surface area contributed by atoms with E-state index in [1.165, 1.54) is 5.56 Å². The lowest BCUT2D eigenvalue weighted by Crippen LogP contribution is -2.43. The van der Waals surface area contributed by atoms with Crippen LogP contribution in [-0.4, -0.2) is 16.1 Å². The predicted molar refractivity (Wildman–Crippen MR) is 88.8 cm³/mol. The number of aryl methyl sites for hydroxylation is 3. The lowest BCUT2D eigenvalue weighted by atomic mass is 9.91. The highest BCUT2D eigenvalue weighted by atomic mass is 16.2. The van der Waals surface area contributed by atoms with E-state index in [9.17, 15) is 4.79 Å². The van der Waals surface area contributed by atoms with Crippen molar-refractivity contribution in [2.24, 2.45) is 0 Å². The summed E-state index contributed by atoms with van der Waals surface area (Å²) in [5.41, 5.74) is 4.70. The van der Waals surface area contributed by atoms with Crippen molar-refractivity contribution < 1.29 is 4.79 Å². The van der Waals surface area contributed by atoms with Gasteiger partial charge in [0.1, 0.15) is 0 Å². The summed E-state index contributed by atoms with van der Waals surface area (Å²) in [4.78, 5) is 12.7. The Morgan fingerprint density at radius 2 is 1.95 bits per heavy atom. The minimum atomic E-state index is -0.414. The molecule has 0 aliphatic rings. The van der Waals surface area contributed by atoms with Gasteiger partial charge in [-0.05, 0) is 47.1 Å². The molecule has 0 saturated carbocycles. The van der Waals surface area contributed by atoms with Crippen LogP contribution in [-0.2, 0) is 10.3 Å². The third kappa shape index (κ3) is 3.21. The number of H-pyrrole nitrogens is 1. The van der Waals surface area contributed by atoms with Crippen molar-refractivity contribution in [1.82, 2.24) is 15.5 Å². The van der Waals surface area contributed by atoms with E-state index in [-0.39, 0.29) is 11.8 Å². The highest BCUT2D eigenvalue weighted by Gasteiger charge is 2.28. The Labute approximate surface area is 132 Å². The molecular weight excluding hydrogens is 274 g/mol. The van der Waals surface area contributed by atoms with E-state index in [1.807, 2.05) is 46.8 Å². The van der Waals surface area contributed by atoms with Crippen molar-refractivity contribution in [3.8, 4) is 0 Å². The molecule has 118 valence electrons. The van der Waals surface area contributed by atoms with Crippen molar-refractivity contribution in [2.75, 3.05) is 0 Å². The number of carbonyl (C=O) groups is 1. The summed E-state index contributed by atoms with van der Waals surface area (Å²) in [6.45, 7) is 11.9. The van der Waals surface area contributed by atoms with E-state index >= 15 is 0 Å². The van der Waals surface area contributed by atoms with E-state index in [1.54, 1.807) is 0 Å². The van der Waals surface area contributed by atoms with Gasteiger partial charge in [-0.25, -0.2) is 0 Å². The van der Waals surface area contributed by atoms with Crippen molar-refractivity contribution in [3.63, 3.8) is 0 Å². The number of benzene rings is 1. The maximum absolute atomic E-state index is 12.7. The van der Waals surface area contributed by atoms with Crippen molar-refractivity contribution in [2.45, 2.75) is 53.0 Å². The zero-order valence-corrected chi connectivity index (χ0v) is 14.2. The molecule has 22 heavy (non-hydrogen) atoms. The monoisotopic (exact) mass is 299 g/mol. The fourth-order valence-corrected chi connectivity index (χ4v) is 2.85. The minimum Gasteiger partial charge on any atom is -0.347 e. The van der Waals surface area contributed by atoms with Crippen LogP contribution in [0.15, 0.2) is 24.3 Å². The summed E-state index contributed by atoms with van der Waals surface area (Å²) >= 11 is 0. The molecule has 0 aliphatic heterocycles. The van der Waals surface area contributed by atoms with E-state index in [0.29, 0.717) is 0 Å². The lowest BCUT2D eigenvalue weighted by molar-refractivity contribution is -0.123. The van der Waals surface area contributed by atoms with Gasteiger partial charge in [0, 0.05) is 11.3 Å². The van der Waals surface area contributed by atoms with Crippen LogP contribution >= 0.6 is 0 Å². The summed E-state index contributed by atoms with van der Waals surface area (Å²) in [6.07, 6.45) is 0. The van der Waals surface area contributed by atoms with Crippen LogP contribution in [0.1, 0.15) is 54.8 Å². The summed E-state index contributed by atoms with van der Waals surface area (Å²) < 4.78 is 0. The fraction of sp³-hybridized carbons (Fsp3) is 0.444. The molecule has 0 radical (unpaired) electrons. The Morgan fingerprint density at radius 3 is 2.50 bits per heavy atom. The molecule has 4 heteroatoms. The van der Waals surface area contributed by atoms with Gasteiger partial charge < -0.3 is 5.32 Å². The number of carbonyl (C=O) groups excluding carboxylic acids is 1. The molecule has 1 unspecified atom stereocenters. The first-order chi connectivity index (χ1) is 10.2. The molecule has 2 rings (SSSR count). The Balaban J connectivity index is 2.20. The SMILES string of the molecule is Cc1cccc(C(C)(C)NC(=O)C(C)c2c(C)n[nH]c2C)c1. The summed E-state index contributed by atoms with van der Waals surface area (Å²) in [7, 11) is 0. The standard InChI is InChI=1S/C18H25N3O/c1-11-8-7-9-15(10-11)18(5,6)19-17(22)12(2)16-13(3)20-21-14(16)4/h7-10,12H,1-6H3,(H,19,22)(H,20,21). The van der Waals surface area contributed by atoms with E-state index in [4.69, 9.17) is 0 Å². The molecule has 2 N–H and O–H groups in total. The van der Waals surface area contributed by atoms with Gasteiger partial charge in [-0.1, -0.05) is 29.8 Å². The Bertz CT molecular complexity index is 666. The molecule has 4 nitrogen and oxygen atoms in total. The molecule has 1 atom stereocenters. The van der Waals surface area contributed by atoms with Crippen LogP contribution in [0.4, 0.5) is 0 Å². The number of hydrogen-bond donors (Lipinski definition) is 2. The van der Waals surface area contributed by atoms with Crippen LogP contribution in [0.2, 0.25) is 0 Å². The van der Waals surface area contributed by atoms with Crippen molar-refractivity contribution >= 4 is 5.91 Å². The van der Waals surface area contributed by atoms with Gasteiger partial charge in [0.05, 0.1) is 17.2 Å². The van der Waals surface area contributed by atoms with Gasteiger partial charge in [-0.15, -0.1) is 0 Å². The Hall–Kier alpha value is -2.10. The molecule has 1 aromatic heterocycles. The first kappa shape index (κ1) is 16.3. The van der Waals surface area contributed by atoms with Gasteiger partial charge in [-0.2, -0.15) is 5.10 Å². The zero-order valence-electron chi connectivity index (χ0n) is 14.2. The van der Waals surface area contributed by atoms with Gasteiger partial charge in [0.15, 0.2) is 0 Å². The molecular formula is C18H25N3O. The van der Waals surface area contributed by atoms with Gasteiger partial charge in [0.2, 0.25) is 5.91 Å². The molecule has 1 heterocycles. The summed E-state index contributed by atoms with van der Waals surface area (Å²) in [5, 5.41) is 10.3. The molecule has 2 aromatic rings. The number of aromatic amines is 1. The first-order valence-electron chi connectivity index (χ1n) is 7.63. The summed E-state index contributed by atoms with van der Waals surface area (Å²) in [5.74, 6) is -0.220. The number of hydrogen-bond acceptors (Lipinski definition) is 2. The zero-order chi connectivity index (χ0) is 16.5. The fourth-order valence-electron chi connectivity index (χ4n) is 2.85. The molecule has 1 amide bonds. The Kier molecular flexibility index (Phi) is 4.40. The van der Waals surface area contributed by atoms with E-state index in [2.05, 4.69) is 34.6 Å². The summed E-state index contributed by atoms with van der Waals surface area (Å²) in [6, 6.07) is 8.24. The number of amides is 1.